The van der Waals surface area contributed by atoms with Gasteiger partial charge in [-0.1, -0.05) is 12.1 Å². The molecule has 0 aliphatic carbocycles. The van der Waals surface area contributed by atoms with Crippen LogP contribution in [0.15, 0.2) is 24.3 Å². The minimum absolute atomic E-state index is 0.0359. The molecular formula is C16H19F3N2O3. The third kappa shape index (κ3) is 4.47. The van der Waals surface area contributed by atoms with Crippen LogP contribution in [0.25, 0.3) is 0 Å². The van der Waals surface area contributed by atoms with Crippen LogP contribution in [0, 0.1) is 0 Å². The van der Waals surface area contributed by atoms with Crippen LogP contribution < -0.4 is 4.90 Å². The van der Waals surface area contributed by atoms with Gasteiger partial charge in [0.1, 0.15) is 0 Å². The van der Waals surface area contributed by atoms with Crippen LogP contribution in [0.1, 0.15) is 18.9 Å². The number of carbonyl (C=O) groups is 2. The van der Waals surface area contributed by atoms with E-state index >= 15 is 0 Å². The van der Waals surface area contributed by atoms with Gasteiger partial charge in [-0.15, -0.1) is 0 Å². The smallest absolute Gasteiger partial charge is 0.378 e. The van der Waals surface area contributed by atoms with Gasteiger partial charge >= 0.3 is 6.18 Å². The van der Waals surface area contributed by atoms with Gasteiger partial charge in [0.2, 0.25) is 11.8 Å². The number of ether oxygens (including phenoxy) is 1. The molecule has 0 saturated carbocycles. The number of halogens is 3. The Hall–Kier alpha value is -2.09. The zero-order chi connectivity index (χ0) is 17.7. The Morgan fingerprint density at radius 3 is 2.42 bits per heavy atom. The Balaban J connectivity index is 2.13. The maximum Gasteiger partial charge on any atom is 0.418 e. The maximum atomic E-state index is 13.1. The predicted octanol–water partition coefficient (Wildman–Crippen LogP) is 2.31. The summed E-state index contributed by atoms with van der Waals surface area (Å²) in [6, 6.07) is 4.87. The quantitative estimate of drug-likeness (QED) is 0.842. The molecule has 1 aliphatic rings. The standard InChI is InChI=1S/C16H19F3N2O3/c1-12(22)21(7-6-15(23)20-8-10-24-11-9-20)14-5-3-2-4-13(14)16(17,18)19/h2-5H,6-11H2,1H3. The number of hydrogen-bond acceptors (Lipinski definition) is 3. The summed E-state index contributed by atoms with van der Waals surface area (Å²) in [5, 5.41) is 0. The van der Waals surface area contributed by atoms with E-state index in [1.165, 1.54) is 25.1 Å². The fourth-order valence-corrected chi connectivity index (χ4v) is 2.57. The van der Waals surface area contributed by atoms with Crippen molar-refractivity contribution in [2.75, 3.05) is 37.7 Å². The highest BCUT2D eigenvalue weighted by Gasteiger charge is 2.35. The molecule has 24 heavy (non-hydrogen) atoms. The molecule has 2 amide bonds. The molecule has 0 bridgehead atoms. The average molecular weight is 344 g/mol. The number of alkyl halides is 3. The lowest BCUT2D eigenvalue weighted by Gasteiger charge is -2.29. The first-order valence-electron chi connectivity index (χ1n) is 7.60. The number of hydrogen-bond donors (Lipinski definition) is 0. The second-order valence-electron chi connectivity index (χ2n) is 5.43. The topological polar surface area (TPSA) is 49.9 Å². The summed E-state index contributed by atoms with van der Waals surface area (Å²) in [4.78, 5) is 26.6. The van der Waals surface area contributed by atoms with Gasteiger partial charge in [0.05, 0.1) is 24.5 Å². The summed E-state index contributed by atoms with van der Waals surface area (Å²) in [7, 11) is 0. The molecule has 0 spiro atoms. The molecule has 0 atom stereocenters. The molecule has 1 aromatic rings. The Morgan fingerprint density at radius 2 is 1.83 bits per heavy atom. The van der Waals surface area contributed by atoms with Crippen molar-refractivity contribution in [3.05, 3.63) is 29.8 Å². The lowest BCUT2D eigenvalue weighted by Crippen LogP contribution is -2.42. The maximum absolute atomic E-state index is 13.1. The van der Waals surface area contributed by atoms with Gasteiger partial charge in [-0.05, 0) is 12.1 Å². The zero-order valence-electron chi connectivity index (χ0n) is 13.3. The SMILES string of the molecule is CC(=O)N(CCC(=O)N1CCOCC1)c1ccccc1C(F)(F)F. The molecule has 1 fully saturated rings. The highest BCUT2D eigenvalue weighted by molar-refractivity contribution is 5.93. The van der Waals surface area contributed by atoms with Crippen molar-refractivity contribution < 1.29 is 27.5 Å². The summed E-state index contributed by atoms with van der Waals surface area (Å²) in [5.41, 5.74) is -1.12. The van der Waals surface area contributed by atoms with Crippen LogP contribution in [0.4, 0.5) is 18.9 Å². The molecule has 5 nitrogen and oxygen atoms in total. The van der Waals surface area contributed by atoms with Gasteiger partial charge in [0, 0.05) is 33.0 Å². The number of rotatable bonds is 4. The van der Waals surface area contributed by atoms with E-state index < -0.39 is 17.6 Å². The van der Waals surface area contributed by atoms with Crippen LogP contribution in [-0.4, -0.2) is 49.6 Å². The Bertz CT molecular complexity index is 598. The summed E-state index contributed by atoms with van der Waals surface area (Å²) < 4.78 is 44.6. The lowest BCUT2D eigenvalue weighted by molar-refractivity contribution is -0.137. The fourth-order valence-electron chi connectivity index (χ4n) is 2.57. The first-order chi connectivity index (χ1) is 11.3. The van der Waals surface area contributed by atoms with Crippen molar-refractivity contribution in [3.63, 3.8) is 0 Å². The molecular weight excluding hydrogens is 325 g/mol. The van der Waals surface area contributed by atoms with Crippen molar-refractivity contribution in [2.45, 2.75) is 19.5 Å². The van der Waals surface area contributed by atoms with Gasteiger partial charge in [0.25, 0.3) is 0 Å². The zero-order valence-corrected chi connectivity index (χ0v) is 13.3. The first kappa shape index (κ1) is 18.3. The summed E-state index contributed by atoms with van der Waals surface area (Å²) in [6.45, 7) is 2.89. The van der Waals surface area contributed by atoms with Gasteiger partial charge in [-0.3, -0.25) is 9.59 Å². The number of carbonyl (C=O) groups excluding carboxylic acids is 2. The highest BCUT2D eigenvalue weighted by Crippen LogP contribution is 2.36. The fraction of sp³-hybridized carbons (Fsp3) is 0.500. The minimum Gasteiger partial charge on any atom is -0.378 e. The predicted molar refractivity (Wildman–Crippen MR) is 81.5 cm³/mol. The molecule has 0 N–H and O–H groups in total. The van der Waals surface area contributed by atoms with E-state index in [2.05, 4.69) is 0 Å². The third-order valence-electron chi connectivity index (χ3n) is 3.79. The van der Waals surface area contributed by atoms with Gasteiger partial charge < -0.3 is 14.5 Å². The molecule has 8 heteroatoms. The highest BCUT2D eigenvalue weighted by atomic mass is 19.4. The van der Waals surface area contributed by atoms with Gasteiger partial charge in [-0.25, -0.2) is 0 Å². The minimum atomic E-state index is -4.57. The van der Waals surface area contributed by atoms with Crippen molar-refractivity contribution in [2.24, 2.45) is 0 Å². The van der Waals surface area contributed by atoms with E-state index in [-0.39, 0.29) is 24.6 Å². The first-order valence-corrected chi connectivity index (χ1v) is 7.60. The number of amides is 2. The van der Waals surface area contributed by atoms with Crippen LogP contribution in [0.5, 0.6) is 0 Å². The molecule has 1 aliphatic heterocycles. The summed E-state index contributed by atoms with van der Waals surface area (Å²) in [5.74, 6) is -0.740. The molecule has 0 aromatic heterocycles. The molecule has 2 rings (SSSR count). The molecule has 1 aromatic carbocycles. The normalized spacial score (nSPS) is 15.2. The molecule has 0 radical (unpaired) electrons. The number of anilines is 1. The number of nitrogens with zero attached hydrogens (tertiary/aromatic N) is 2. The van der Waals surface area contributed by atoms with Crippen molar-refractivity contribution >= 4 is 17.5 Å². The Labute approximate surface area is 138 Å². The van der Waals surface area contributed by atoms with Crippen LogP contribution >= 0.6 is 0 Å². The second-order valence-corrected chi connectivity index (χ2v) is 5.43. The molecule has 1 heterocycles. The van der Waals surface area contributed by atoms with Gasteiger partial charge in [-0.2, -0.15) is 13.2 Å². The lowest BCUT2D eigenvalue weighted by atomic mass is 10.1. The van der Waals surface area contributed by atoms with Crippen LogP contribution in [0.3, 0.4) is 0 Å². The van der Waals surface area contributed by atoms with Crippen molar-refractivity contribution in [1.29, 1.82) is 0 Å². The van der Waals surface area contributed by atoms with Crippen LogP contribution in [0.2, 0.25) is 0 Å². The van der Waals surface area contributed by atoms with E-state index in [0.717, 1.165) is 11.0 Å². The van der Waals surface area contributed by atoms with Crippen molar-refractivity contribution in [1.82, 2.24) is 4.90 Å². The van der Waals surface area contributed by atoms with E-state index in [0.29, 0.717) is 26.3 Å². The van der Waals surface area contributed by atoms with Crippen LogP contribution in [-0.2, 0) is 20.5 Å². The van der Waals surface area contributed by atoms with E-state index in [1.54, 1.807) is 4.90 Å². The number of benzene rings is 1. The Morgan fingerprint density at radius 1 is 1.21 bits per heavy atom. The molecule has 1 saturated heterocycles. The third-order valence-corrected chi connectivity index (χ3v) is 3.79. The molecule has 0 unspecified atom stereocenters. The van der Waals surface area contributed by atoms with E-state index in [9.17, 15) is 22.8 Å². The Kier molecular flexibility index (Phi) is 5.82. The van der Waals surface area contributed by atoms with Gasteiger partial charge in [0.15, 0.2) is 0 Å². The number of morpholine rings is 1. The average Bonchev–Trinajstić information content (AvgIpc) is 2.55. The van der Waals surface area contributed by atoms with E-state index in [1.807, 2.05) is 0 Å². The number of para-hydroxylation sites is 1. The summed E-state index contributed by atoms with van der Waals surface area (Å²) in [6.07, 6.45) is -4.61. The largest absolute Gasteiger partial charge is 0.418 e. The van der Waals surface area contributed by atoms with E-state index in [4.69, 9.17) is 4.74 Å². The van der Waals surface area contributed by atoms with Crippen molar-refractivity contribution in [3.8, 4) is 0 Å². The summed E-state index contributed by atoms with van der Waals surface area (Å²) >= 11 is 0. The second kappa shape index (κ2) is 7.65. The monoisotopic (exact) mass is 344 g/mol. The molecule has 132 valence electrons.